The van der Waals surface area contributed by atoms with Crippen LogP contribution in [0.1, 0.15) is 52.0 Å². The lowest BCUT2D eigenvalue weighted by Gasteiger charge is -2.27. The predicted octanol–water partition coefficient (Wildman–Crippen LogP) is 3.70. The van der Waals surface area contributed by atoms with Crippen LogP contribution in [0.4, 0.5) is 8.78 Å². The summed E-state index contributed by atoms with van der Waals surface area (Å²) >= 11 is 0. The first-order valence-corrected chi connectivity index (χ1v) is 10.8. The molecule has 0 fully saturated rings. The molecule has 1 aromatic carbocycles. The molecule has 0 spiro atoms. The fraction of sp³-hybridized carbons (Fsp3) is 0.500. The molecule has 0 aromatic heterocycles. The first kappa shape index (κ1) is 22.7. The average molecular weight is 402 g/mol. The summed E-state index contributed by atoms with van der Waals surface area (Å²) in [4.78, 5) is 35.5. The van der Waals surface area contributed by atoms with Gasteiger partial charge < -0.3 is 13.3 Å². The molecule has 1 rings (SSSR count). The molecule has 0 radical (unpaired) electrons. The zero-order chi connectivity index (χ0) is 20.4. The highest BCUT2D eigenvalue weighted by Crippen LogP contribution is 2.23. The molecule has 0 N–H and O–H groups in total. The van der Waals surface area contributed by atoms with Gasteiger partial charge >= 0.3 is 8.80 Å². The van der Waals surface area contributed by atoms with Gasteiger partial charge in [-0.3, -0.25) is 14.4 Å². The zero-order valence-electron chi connectivity index (χ0n) is 15.7. The summed E-state index contributed by atoms with van der Waals surface area (Å²) < 4.78 is 42.2. The van der Waals surface area contributed by atoms with E-state index in [0.717, 1.165) is 12.1 Å². The van der Waals surface area contributed by atoms with Crippen molar-refractivity contribution in [3.63, 3.8) is 0 Å². The van der Waals surface area contributed by atoms with E-state index in [1.165, 1.54) is 6.07 Å². The highest BCUT2D eigenvalue weighted by molar-refractivity contribution is 6.65. The minimum atomic E-state index is -3.94. The van der Waals surface area contributed by atoms with Gasteiger partial charge in [0.1, 0.15) is 0 Å². The van der Waals surface area contributed by atoms with Crippen LogP contribution in [0.2, 0.25) is 6.04 Å². The first-order valence-electron chi connectivity index (χ1n) is 8.84. The highest BCUT2D eigenvalue weighted by Gasteiger charge is 2.52. The molecule has 1 aromatic rings. The van der Waals surface area contributed by atoms with E-state index >= 15 is 0 Å². The molecule has 0 bridgehead atoms. The predicted molar refractivity (Wildman–Crippen MR) is 94.4 cm³/mol. The van der Waals surface area contributed by atoms with Crippen molar-refractivity contribution < 1.29 is 36.4 Å². The maximum Gasteiger partial charge on any atom is 0.705 e. The summed E-state index contributed by atoms with van der Waals surface area (Å²) in [5.41, 5.74) is 0.516. The van der Waals surface area contributed by atoms with Crippen molar-refractivity contribution in [2.75, 3.05) is 0 Å². The minimum Gasteiger partial charge on any atom is -0.455 e. The van der Waals surface area contributed by atoms with E-state index in [1.54, 1.807) is 20.8 Å². The minimum absolute atomic E-state index is 0.00475. The van der Waals surface area contributed by atoms with Crippen molar-refractivity contribution in [3.8, 4) is 0 Å². The Kier molecular flexibility index (Phi) is 9.06. The second-order valence-electron chi connectivity index (χ2n) is 5.77. The third kappa shape index (κ3) is 7.46. The molecule has 0 saturated heterocycles. The van der Waals surface area contributed by atoms with Gasteiger partial charge in [0.25, 0.3) is 17.9 Å². The summed E-state index contributed by atoms with van der Waals surface area (Å²) in [5.74, 6) is -3.87. The Morgan fingerprint density at radius 1 is 0.852 bits per heavy atom. The average Bonchev–Trinajstić information content (AvgIpc) is 2.64. The topological polar surface area (TPSA) is 78.9 Å². The summed E-state index contributed by atoms with van der Waals surface area (Å²) in [7, 11) is -3.94. The summed E-state index contributed by atoms with van der Waals surface area (Å²) in [6.45, 7) is 4.68. The van der Waals surface area contributed by atoms with Gasteiger partial charge in [-0.05, 0) is 30.5 Å². The van der Waals surface area contributed by atoms with Crippen LogP contribution in [0.5, 0.6) is 0 Å². The molecular formula is C18H24F2O6Si. The fourth-order valence-electron chi connectivity index (χ4n) is 2.16. The fourth-order valence-corrected chi connectivity index (χ4v) is 4.67. The van der Waals surface area contributed by atoms with Gasteiger partial charge in [-0.2, -0.15) is 0 Å². The van der Waals surface area contributed by atoms with Gasteiger partial charge in [0.15, 0.2) is 11.6 Å². The standard InChI is InChI=1S/C18H24F2O6Si/c1-4-16(21)24-27(25-17(22)5-2,26-18(23)6-3)11-7-8-13-9-10-14(19)15(20)12-13/h9-10,12H,4-8,11H2,1-3H3. The van der Waals surface area contributed by atoms with E-state index in [-0.39, 0.29) is 31.7 Å². The van der Waals surface area contributed by atoms with Crippen LogP contribution in [0.15, 0.2) is 18.2 Å². The van der Waals surface area contributed by atoms with Crippen LogP contribution in [0, 0.1) is 11.6 Å². The van der Waals surface area contributed by atoms with E-state index in [4.69, 9.17) is 13.3 Å². The molecule has 0 unspecified atom stereocenters. The van der Waals surface area contributed by atoms with Gasteiger partial charge in [0.2, 0.25) is 0 Å². The molecule has 0 heterocycles. The molecule has 0 amide bonds. The van der Waals surface area contributed by atoms with Crippen molar-refractivity contribution >= 4 is 26.7 Å². The van der Waals surface area contributed by atoms with Crippen molar-refractivity contribution in [2.24, 2.45) is 0 Å². The molecule has 0 aliphatic heterocycles. The van der Waals surface area contributed by atoms with Crippen molar-refractivity contribution in [3.05, 3.63) is 35.4 Å². The van der Waals surface area contributed by atoms with Crippen LogP contribution in [0.3, 0.4) is 0 Å². The quantitative estimate of drug-likeness (QED) is 0.555. The molecule has 27 heavy (non-hydrogen) atoms. The lowest BCUT2D eigenvalue weighted by molar-refractivity contribution is -0.150. The number of hydrogen-bond acceptors (Lipinski definition) is 6. The number of hydrogen-bond donors (Lipinski definition) is 0. The second-order valence-corrected chi connectivity index (χ2v) is 8.25. The summed E-state index contributed by atoms with van der Waals surface area (Å²) in [5, 5.41) is 0. The van der Waals surface area contributed by atoms with E-state index in [9.17, 15) is 23.2 Å². The third-order valence-electron chi connectivity index (χ3n) is 3.61. The Labute approximate surface area is 158 Å². The number of benzene rings is 1. The number of halogens is 2. The number of carbonyl (C=O) groups is 3. The van der Waals surface area contributed by atoms with Gasteiger partial charge in [0, 0.05) is 19.3 Å². The molecule has 9 heteroatoms. The lowest BCUT2D eigenvalue weighted by atomic mass is 10.1. The van der Waals surface area contributed by atoms with Crippen molar-refractivity contribution in [1.29, 1.82) is 0 Å². The van der Waals surface area contributed by atoms with Gasteiger partial charge in [0.05, 0.1) is 6.04 Å². The summed E-state index contributed by atoms with van der Waals surface area (Å²) in [6, 6.07) is 3.50. The first-order chi connectivity index (χ1) is 12.7. The molecule has 0 saturated carbocycles. The second kappa shape index (κ2) is 10.8. The molecule has 150 valence electrons. The normalized spacial score (nSPS) is 11.0. The van der Waals surface area contributed by atoms with E-state index in [1.807, 2.05) is 0 Å². The number of aryl methyl sites for hydroxylation is 1. The Hall–Kier alpha value is -2.29. The van der Waals surface area contributed by atoms with Crippen LogP contribution in [0.25, 0.3) is 0 Å². The Morgan fingerprint density at radius 2 is 1.33 bits per heavy atom. The maximum atomic E-state index is 13.3. The van der Waals surface area contributed by atoms with Crippen LogP contribution in [-0.4, -0.2) is 26.7 Å². The number of carbonyl (C=O) groups excluding carboxylic acids is 3. The zero-order valence-corrected chi connectivity index (χ0v) is 16.7. The molecule has 0 atom stereocenters. The van der Waals surface area contributed by atoms with E-state index in [2.05, 4.69) is 0 Å². The Bertz CT molecular complexity index is 634. The Morgan fingerprint density at radius 3 is 1.74 bits per heavy atom. The third-order valence-corrected chi connectivity index (χ3v) is 6.19. The van der Waals surface area contributed by atoms with Gasteiger partial charge in [-0.15, -0.1) is 0 Å². The molecule has 0 aliphatic rings. The molecule has 0 aliphatic carbocycles. The van der Waals surface area contributed by atoms with Crippen molar-refractivity contribution in [2.45, 2.75) is 58.9 Å². The Balaban J connectivity index is 2.97. The molecule has 6 nitrogen and oxygen atoms in total. The summed E-state index contributed by atoms with van der Waals surface area (Å²) in [6.07, 6.45) is 0.632. The maximum absolute atomic E-state index is 13.3. The lowest BCUT2D eigenvalue weighted by Crippen LogP contribution is -2.50. The SMILES string of the molecule is CCC(=O)O[Si](CCCc1ccc(F)c(F)c1)(OC(=O)CC)OC(=O)CC. The monoisotopic (exact) mass is 402 g/mol. The van der Waals surface area contributed by atoms with E-state index in [0.29, 0.717) is 12.0 Å². The molecular weight excluding hydrogens is 378 g/mol. The number of rotatable bonds is 10. The van der Waals surface area contributed by atoms with Crippen molar-refractivity contribution in [1.82, 2.24) is 0 Å². The van der Waals surface area contributed by atoms with Gasteiger partial charge in [-0.25, -0.2) is 8.78 Å². The van der Waals surface area contributed by atoms with Crippen LogP contribution < -0.4 is 0 Å². The van der Waals surface area contributed by atoms with Gasteiger partial charge in [-0.1, -0.05) is 26.8 Å². The van der Waals surface area contributed by atoms with E-state index < -0.39 is 38.3 Å². The largest absolute Gasteiger partial charge is 0.705 e. The van der Waals surface area contributed by atoms with Crippen LogP contribution >= 0.6 is 0 Å². The smallest absolute Gasteiger partial charge is 0.455 e. The highest BCUT2D eigenvalue weighted by atomic mass is 28.4. The van der Waals surface area contributed by atoms with Crippen LogP contribution in [-0.2, 0) is 34.1 Å².